The predicted molar refractivity (Wildman–Crippen MR) is 114 cm³/mol. The molecular weight excluding hydrogens is 386 g/mol. The summed E-state index contributed by atoms with van der Waals surface area (Å²) in [6, 6.07) is 7.55. The second-order valence-corrected chi connectivity index (χ2v) is 6.84. The number of fused-ring (bicyclic) bond motifs is 1. The monoisotopic (exact) mass is 413 g/mol. The molecule has 1 atom stereocenters. The highest BCUT2D eigenvalue weighted by Crippen LogP contribution is 2.42. The minimum absolute atomic E-state index is 0.169. The maximum Gasteiger partial charge on any atom is 0.244 e. The van der Waals surface area contributed by atoms with Crippen LogP contribution in [-0.2, 0) is 11.2 Å². The SMILES string of the molecule is COc1cc2c(cc1OC)C(CNC(=O)/C=C/c1cc(OC)c(OC)c(OC)c1)C2. The summed E-state index contributed by atoms with van der Waals surface area (Å²) in [5.41, 5.74) is 3.17. The van der Waals surface area contributed by atoms with E-state index in [-0.39, 0.29) is 11.8 Å². The van der Waals surface area contributed by atoms with Crippen molar-refractivity contribution in [3.05, 3.63) is 47.0 Å². The zero-order valence-corrected chi connectivity index (χ0v) is 17.9. The van der Waals surface area contributed by atoms with Crippen molar-refractivity contribution in [3.8, 4) is 28.7 Å². The van der Waals surface area contributed by atoms with Crippen molar-refractivity contribution in [2.75, 3.05) is 42.1 Å². The van der Waals surface area contributed by atoms with Crippen molar-refractivity contribution < 1.29 is 28.5 Å². The van der Waals surface area contributed by atoms with Gasteiger partial charge in [-0.1, -0.05) is 0 Å². The number of hydrogen-bond donors (Lipinski definition) is 1. The number of carbonyl (C=O) groups is 1. The number of rotatable bonds is 9. The smallest absolute Gasteiger partial charge is 0.244 e. The maximum absolute atomic E-state index is 12.3. The summed E-state index contributed by atoms with van der Waals surface area (Å²) >= 11 is 0. The van der Waals surface area contributed by atoms with Crippen LogP contribution in [0, 0.1) is 0 Å². The zero-order chi connectivity index (χ0) is 21.7. The molecule has 0 bridgehead atoms. The van der Waals surface area contributed by atoms with Gasteiger partial charge in [0.25, 0.3) is 0 Å². The molecule has 0 spiro atoms. The van der Waals surface area contributed by atoms with E-state index in [4.69, 9.17) is 23.7 Å². The van der Waals surface area contributed by atoms with Gasteiger partial charge in [-0.05, 0) is 53.5 Å². The second-order valence-electron chi connectivity index (χ2n) is 6.84. The number of amides is 1. The second kappa shape index (κ2) is 9.43. The summed E-state index contributed by atoms with van der Waals surface area (Å²) in [4.78, 5) is 12.3. The van der Waals surface area contributed by atoms with Gasteiger partial charge in [0, 0.05) is 18.5 Å². The lowest BCUT2D eigenvalue weighted by molar-refractivity contribution is -0.116. The Kier molecular flexibility index (Phi) is 6.72. The Bertz CT molecular complexity index is 928. The molecule has 7 heteroatoms. The lowest BCUT2D eigenvalue weighted by Gasteiger charge is -2.31. The van der Waals surface area contributed by atoms with Crippen molar-refractivity contribution in [2.24, 2.45) is 0 Å². The fourth-order valence-corrected chi connectivity index (χ4v) is 3.57. The van der Waals surface area contributed by atoms with Crippen molar-refractivity contribution >= 4 is 12.0 Å². The van der Waals surface area contributed by atoms with E-state index in [1.54, 1.807) is 53.8 Å². The summed E-state index contributed by atoms with van der Waals surface area (Å²) in [5, 5.41) is 2.96. The number of methoxy groups -OCH3 is 5. The molecule has 0 saturated heterocycles. The van der Waals surface area contributed by atoms with Crippen LogP contribution in [0.5, 0.6) is 28.7 Å². The molecule has 0 saturated carbocycles. The molecule has 1 amide bonds. The Hall–Kier alpha value is -3.35. The fraction of sp³-hybridized carbons (Fsp3) is 0.348. The third-order valence-electron chi connectivity index (χ3n) is 5.19. The van der Waals surface area contributed by atoms with Crippen LogP contribution in [0.4, 0.5) is 0 Å². The van der Waals surface area contributed by atoms with Gasteiger partial charge in [-0.15, -0.1) is 0 Å². The van der Waals surface area contributed by atoms with Crippen LogP contribution in [0.25, 0.3) is 6.08 Å². The Morgan fingerprint density at radius 2 is 1.50 bits per heavy atom. The van der Waals surface area contributed by atoms with Gasteiger partial charge in [-0.25, -0.2) is 0 Å². The molecule has 0 fully saturated rings. The number of carbonyl (C=O) groups excluding carboxylic acids is 1. The third-order valence-corrected chi connectivity index (χ3v) is 5.19. The van der Waals surface area contributed by atoms with Gasteiger partial charge in [0.2, 0.25) is 11.7 Å². The van der Waals surface area contributed by atoms with Crippen molar-refractivity contribution in [1.82, 2.24) is 5.32 Å². The molecule has 160 valence electrons. The highest BCUT2D eigenvalue weighted by molar-refractivity contribution is 5.92. The summed E-state index contributed by atoms with van der Waals surface area (Å²) in [6.45, 7) is 0.556. The van der Waals surface area contributed by atoms with Gasteiger partial charge in [0.05, 0.1) is 35.5 Å². The Morgan fingerprint density at radius 3 is 2.07 bits per heavy atom. The topological polar surface area (TPSA) is 75.3 Å². The number of benzene rings is 2. The van der Waals surface area contributed by atoms with Crippen LogP contribution >= 0.6 is 0 Å². The van der Waals surface area contributed by atoms with Crippen LogP contribution < -0.4 is 29.0 Å². The molecule has 3 rings (SSSR count). The molecule has 1 N–H and O–H groups in total. The molecule has 2 aromatic carbocycles. The average molecular weight is 413 g/mol. The number of ether oxygens (including phenoxy) is 5. The Balaban J connectivity index is 1.63. The maximum atomic E-state index is 12.3. The number of nitrogens with one attached hydrogen (secondary N) is 1. The minimum Gasteiger partial charge on any atom is -0.493 e. The average Bonchev–Trinajstić information content (AvgIpc) is 2.76. The van der Waals surface area contributed by atoms with Crippen molar-refractivity contribution in [2.45, 2.75) is 12.3 Å². The first-order chi connectivity index (χ1) is 14.5. The predicted octanol–water partition coefficient (Wildman–Crippen LogP) is 3.20. The Morgan fingerprint density at radius 1 is 0.900 bits per heavy atom. The van der Waals surface area contributed by atoms with Gasteiger partial charge in [-0.3, -0.25) is 4.79 Å². The summed E-state index contributed by atoms with van der Waals surface area (Å²) in [6.07, 6.45) is 4.10. The lowest BCUT2D eigenvalue weighted by atomic mass is 9.77. The van der Waals surface area contributed by atoms with E-state index in [0.717, 1.165) is 17.7 Å². The zero-order valence-electron chi connectivity index (χ0n) is 17.9. The summed E-state index contributed by atoms with van der Waals surface area (Å²) in [5.74, 6) is 3.11. The molecular formula is C23H27NO6. The number of hydrogen-bond acceptors (Lipinski definition) is 6. The molecule has 1 unspecified atom stereocenters. The van der Waals surface area contributed by atoms with E-state index < -0.39 is 0 Å². The van der Waals surface area contributed by atoms with Crippen LogP contribution in [0.15, 0.2) is 30.3 Å². The van der Waals surface area contributed by atoms with Crippen molar-refractivity contribution in [3.63, 3.8) is 0 Å². The molecule has 0 heterocycles. The summed E-state index contributed by atoms with van der Waals surface area (Å²) < 4.78 is 26.7. The van der Waals surface area contributed by atoms with E-state index in [1.807, 2.05) is 12.1 Å². The van der Waals surface area contributed by atoms with E-state index >= 15 is 0 Å². The molecule has 0 aliphatic heterocycles. The van der Waals surface area contributed by atoms with Gasteiger partial charge in [-0.2, -0.15) is 0 Å². The first-order valence-electron chi connectivity index (χ1n) is 9.55. The first kappa shape index (κ1) is 21.4. The van der Waals surface area contributed by atoms with Gasteiger partial charge in [0.15, 0.2) is 23.0 Å². The van der Waals surface area contributed by atoms with Crippen LogP contribution in [-0.4, -0.2) is 48.0 Å². The molecule has 0 aromatic heterocycles. The summed E-state index contributed by atoms with van der Waals surface area (Å²) in [7, 11) is 7.90. The molecule has 0 radical (unpaired) electrons. The largest absolute Gasteiger partial charge is 0.493 e. The van der Waals surface area contributed by atoms with E-state index in [0.29, 0.717) is 29.5 Å². The van der Waals surface area contributed by atoms with Crippen LogP contribution in [0.1, 0.15) is 22.6 Å². The molecule has 2 aromatic rings. The molecule has 1 aliphatic carbocycles. The third kappa shape index (κ3) is 4.30. The van der Waals surface area contributed by atoms with E-state index in [1.165, 1.54) is 17.2 Å². The molecule has 30 heavy (non-hydrogen) atoms. The Labute approximate surface area is 176 Å². The lowest BCUT2D eigenvalue weighted by Crippen LogP contribution is -2.32. The molecule has 1 aliphatic rings. The van der Waals surface area contributed by atoms with E-state index in [9.17, 15) is 4.79 Å². The van der Waals surface area contributed by atoms with Crippen molar-refractivity contribution in [1.29, 1.82) is 0 Å². The normalized spacial score (nSPS) is 14.5. The van der Waals surface area contributed by atoms with Gasteiger partial charge < -0.3 is 29.0 Å². The molecule has 7 nitrogen and oxygen atoms in total. The standard InChI is InChI=1S/C23H27NO6/c1-26-18-11-15-10-16(17(15)12-19(18)27-2)13-24-22(25)7-6-14-8-20(28-3)23(30-5)21(9-14)29-4/h6-9,11-12,16H,10,13H2,1-5H3,(H,24,25)/b7-6+. The highest BCUT2D eigenvalue weighted by atomic mass is 16.5. The van der Waals surface area contributed by atoms with Gasteiger partial charge in [0.1, 0.15) is 0 Å². The first-order valence-corrected chi connectivity index (χ1v) is 9.55. The van der Waals surface area contributed by atoms with Gasteiger partial charge >= 0.3 is 0 Å². The van der Waals surface area contributed by atoms with Crippen LogP contribution in [0.3, 0.4) is 0 Å². The van der Waals surface area contributed by atoms with E-state index in [2.05, 4.69) is 5.32 Å². The minimum atomic E-state index is -0.169. The van der Waals surface area contributed by atoms with Crippen LogP contribution in [0.2, 0.25) is 0 Å². The highest BCUT2D eigenvalue weighted by Gasteiger charge is 2.28. The fourth-order valence-electron chi connectivity index (χ4n) is 3.57. The quantitative estimate of drug-likeness (QED) is 0.637.